The van der Waals surface area contributed by atoms with Crippen LogP contribution in [0.2, 0.25) is 0 Å². The summed E-state index contributed by atoms with van der Waals surface area (Å²) < 4.78 is 0. The Hall–Kier alpha value is -0.520. The minimum atomic E-state index is 1.17. The normalized spacial score (nSPS) is 10.7. The number of hydrogen-bond donors (Lipinski definition) is 0. The standard InChI is InChI=1S/C20H38/c1-5-7-9-11-13-15-17-19(3)20(4)18-16-14-12-10-8-6-2/h3-18H2,1-2H3. The van der Waals surface area contributed by atoms with E-state index in [0.717, 1.165) is 0 Å². The molecule has 20 heavy (non-hydrogen) atoms. The van der Waals surface area contributed by atoms with E-state index >= 15 is 0 Å². The highest BCUT2D eigenvalue weighted by Crippen LogP contribution is 2.20. The molecule has 0 nitrogen and oxygen atoms in total. The maximum Gasteiger partial charge on any atom is -0.0282 e. The van der Waals surface area contributed by atoms with E-state index in [2.05, 4.69) is 27.0 Å². The van der Waals surface area contributed by atoms with Crippen molar-refractivity contribution >= 4 is 0 Å². The molecule has 0 heteroatoms. The molecule has 118 valence electrons. The van der Waals surface area contributed by atoms with Gasteiger partial charge in [-0.3, -0.25) is 0 Å². The molecule has 0 rings (SSSR count). The average molecular weight is 279 g/mol. The molecule has 0 N–H and O–H groups in total. The van der Waals surface area contributed by atoms with Crippen molar-refractivity contribution < 1.29 is 0 Å². The summed E-state index contributed by atoms with van der Waals surface area (Å²) in [4.78, 5) is 0. The molecule has 0 aliphatic rings. The number of allylic oxidation sites excluding steroid dienone is 2. The van der Waals surface area contributed by atoms with E-state index in [9.17, 15) is 0 Å². The lowest BCUT2D eigenvalue weighted by atomic mass is 9.97. The van der Waals surface area contributed by atoms with E-state index in [-0.39, 0.29) is 0 Å². The van der Waals surface area contributed by atoms with Crippen molar-refractivity contribution in [1.82, 2.24) is 0 Å². The predicted octanol–water partition coefficient (Wildman–Crippen LogP) is 7.60. The Kier molecular flexibility index (Phi) is 14.5. The Morgan fingerprint density at radius 2 is 0.800 bits per heavy atom. The van der Waals surface area contributed by atoms with Gasteiger partial charge in [-0.25, -0.2) is 0 Å². The van der Waals surface area contributed by atoms with Gasteiger partial charge in [0.05, 0.1) is 0 Å². The smallest absolute Gasteiger partial charge is 0.0282 e. The summed E-state index contributed by atoms with van der Waals surface area (Å²) in [6, 6.07) is 0. The lowest BCUT2D eigenvalue weighted by Gasteiger charge is -2.09. The molecular weight excluding hydrogens is 240 g/mol. The molecule has 0 heterocycles. The Morgan fingerprint density at radius 1 is 0.500 bits per heavy atom. The summed E-state index contributed by atoms with van der Waals surface area (Å²) in [6.45, 7) is 13.0. The van der Waals surface area contributed by atoms with Gasteiger partial charge in [0.25, 0.3) is 0 Å². The second-order valence-corrected chi connectivity index (χ2v) is 6.24. The molecule has 0 aliphatic carbocycles. The van der Waals surface area contributed by atoms with Crippen molar-refractivity contribution in [2.75, 3.05) is 0 Å². The van der Waals surface area contributed by atoms with Gasteiger partial charge in [0, 0.05) is 0 Å². The largest absolute Gasteiger partial charge is 0.0956 e. The first-order chi connectivity index (χ1) is 9.72. The van der Waals surface area contributed by atoms with Gasteiger partial charge in [-0.15, -0.1) is 0 Å². The van der Waals surface area contributed by atoms with Crippen LogP contribution < -0.4 is 0 Å². The van der Waals surface area contributed by atoms with Crippen molar-refractivity contribution in [2.24, 2.45) is 0 Å². The molecule has 0 aromatic heterocycles. The van der Waals surface area contributed by atoms with E-state index < -0.39 is 0 Å². The van der Waals surface area contributed by atoms with Gasteiger partial charge in [0.15, 0.2) is 0 Å². The highest BCUT2D eigenvalue weighted by atomic mass is 14.1. The van der Waals surface area contributed by atoms with Crippen LogP contribution in [0.1, 0.15) is 104 Å². The van der Waals surface area contributed by atoms with Gasteiger partial charge in [-0.2, -0.15) is 0 Å². The summed E-state index contributed by atoms with van der Waals surface area (Å²) in [5.41, 5.74) is 2.63. The van der Waals surface area contributed by atoms with Gasteiger partial charge in [0.2, 0.25) is 0 Å². The van der Waals surface area contributed by atoms with Gasteiger partial charge < -0.3 is 0 Å². The summed E-state index contributed by atoms with van der Waals surface area (Å²) in [7, 11) is 0. The highest BCUT2D eigenvalue weighted by Gasteiger charge is 2.01. The van der Waals surface area contributed by atoms with Crippen molar-refractivity contribution in [2.45, 2.75) is 104 Å². The van der Waals surface area contributed by atoms with E-state index in [1.54, 1.807) is 0 Å². The van der Waals surface area contributed by atoms with E-state index in [0.29, 0.717) is 0 Å². The van der Waals surface area contributed by atoms with Crippen LogP contribution in [-0.2, 0) is 0 Å². The lowest BCUT2D eigenvalue weighted by Crippen LogP contribution is -1.89. The minimum absolute atomic E-state index is 1.17. The SMILES string of the molecule is C=C(CCCCCCCC)C(=C)CCCCCCCC. The van der Waals surface area contributed by atoms with Crippen LogP contribution in [0.25, 0.3) is 0 Å². The summed E-state index contributed by atoms with van der Waals surface area (Å²) in [5.74, 6) is 0. The quantitative estimate of drug-likeness (QED) is 0.214. The molecular formula is C20H38. The summed E-state index contributed by atoms with van der Waals surface area (Å²) >= 11 is 0. The molecule has 0 aliphatic heterocycles. The van der Waals surface area contributed by atoms with Crippen molar-refractivity contribution in [3.05, 3.63) is 24.3 Å². The molecule has 0 saturated heterocycles. The van der Waals surface area contributed by atoms with Crippen LogP contribution in [0, 0.1) is 0 Å². The molecule has 0 bridgehead atoms. The fourth-order valence-electron chi connectivity index (χ4n) is 2.59. The summed E-state index contributed by atoms with van der Waals surface area (Å²) in [6.07, 6.45) is 18.7. The first kappa shape index (κ1) is 19.5. The zero-order valence-electron chi connectivity index (χ0n) is 14.3. The van der Waals surface area contributed by atoms with E-state index in [1.807, 2.05) is 0 Å². The maximum absolute atomic E-state index is 4.22. The van der Waals surface area contributed by atoms with Crippen molar-refractivity contribution in [1.29, 1.82) is 0 Å². The maximum atomic E-state index is 4.22. The van der Waals surface area contributed by atoms with Crippen LogP contribution in [0.15, 0.2) is 24.3 Å². The van der Waals surface area contributed by atoms with Crippen LogP contribution in [-0.4, -0.2) is 0 Å². The zero-order valence-corrected chi connectivity index (χ0v) is 14.3. The van der Waals surface area contributed by atoms with Gasteiger partial charge in [-0.1, -0.05) is 102 Å². The third-order valence-electron chi connectivity index (χ3n) is 4.16. The first-order valence-corrected chi connectivity index (χ1v) is 9.08. The molecule has 0 unspecified atom stereocenters. The fraction of sp³-hybridized carbons (Fsp3) is 0.800. The predicted molar refractivity (Wildman–Crippen MR) is 94.3 cm³/mol. The number of unbranched alkanes of at least 4 members (excludes halogenated alkanes) is 10. The number of hydrogen-bond acceptors (Lipinski definition) is 0. The van der Waals surface area contributed by atoms with Gasteiger partial charge >= 0.3 is 0 Å². The first-order valence-electron chi connectivity index (χ1n) is 9.08. The van der Waals surface area contributed by atoms with Crippen LogP contribution in [0.3, 0.4) is 0 Å². The third kappa shape index (κ3) is 12.5. The Bertz CT molecular complexity index is 210. The third-order valence-corrected chi connectivity index (χ3v) is 4.16. The van der Waals surface area contributed by atoms with Crippen molar-refractivity contribution in [3.8, 4) is 0 Å². The lowest BCUT2D eigenvalue weighted by molar-refractivity contribution is 0.598. The Morgan fingerprint density at radius 3 is 1.15 bits per heavy atom. The second-order valence-electron chi connectivity index (χ2n) is 6.24. The molecule has 0 amide bonds. The van der Waals surface area contributed by atoms with E-state index in [4.69, 9.17) is 0 Å². The molecule has 0 spiro atoms. The zero-order chi connectivity index (χ0) is 15.1. The molecule has 0 radical (unpaired) electrons. The molecule has 0 fully saturated rings. The van der Waals surface area contributed by atoms with Crippen molar-refractivity contribution in [3.63, 3.8) is 0 Å². The molecule has 0 saturated carbocycles. The minimum Gasteiger partial charge on any atom is -0.0956 e. The van der Waals surface area contributed by atoms with Gasteiger partial charge in [-0.05, 0) is 25.7 Å². The number of rotatable bonds is 15. The Labute approximate surface area is 128 Å². The topological polar surface area (TPSA) is 0 Å². The van der Waals surface area contributed by atoms with Crippen LogP contribution >= 0.6 is 0 Å². The van der Waals surface area contributed by atoms with Gasteiger partial charge in [0.1, 0.15) is 0 Å². The second kappa shape index (κ2) is 14.9. The summed E-state index contributed by atoms with van der Waals surface area (Å²) in [5, 5.41) is 0. The average Bonchev–Trinajstić information content (AvgIpc) is 2.45. The molecule has 0 aromatic carbocycles. The van der Waals surface area contributed by atoms with Crippen LogP contribution in [0.5, 0.6) is 0 Å². The molecule has 0 aromatic rings. The highest BCUT2D eigenvalue weighted by molar-refractivity contribution is 5.24. The Balaban J connectivity index is 3.40. The fourth-order valence-corrected chi connectivity index (χ4v) is 2.59. The monoisotopic (exact) mass is 278 g/mol. The molecule has 0 atom stereocenters. The van der Waals surface area contributed by atoms with E-state index in [1.165, 1.54) is 101 Å². The van der Waals surface area contributed by atoms with Crippen LogP contribution in [0.4, 0.5) is 0 Å².